The predicted molar refractivity (Wildman–Crippen MR) is 71.7 cm³/mol. The molecule has 0 aliphatic carbocycles. The van der Waals surface area contributed by atoms with Crippen LogP contribution in [-0.2, 0) is 17.9 Å². The van der Waals surface area contributed by atoms with Gasteiger partial charge in [-0.3, -0.25) is 4.79 Å². The molecule has 0 radical (unpaired) electrons. The van der Waals surface area contributed by atoms with Crippen LogP contribution >= 0.6 is 0 Å². The van der Waals surface area contributed by atoms with Crippen LogP contribution in [0.3, 0.4) is 0 Å². The number of amides is 1. The Morgan fingerprint density at radius 3 is 3.00 bits per heavy atom. The van der Waals surface area contributed by atoms with Crippen molar-refractivity contribution in [3.05, 3.63) is 48.5 Å². The fourth-order valence-electron chi connectivity index (χ4n) is 1.78. The van der Waals surface area contributed by atoms with Crippen LogP contribution < -0.4 is 10.1 Å². The Kier molecular flexibility index (Phi) is 4.55. The van der Waals surface area contributed by atoms with Crippen molar-refractivity contribution in [3.63, 3.8) is 0 Å². The van der Waals surface area contributed by atoms with Gasteiger partial charge in [0.25, 0.3) is 0 Å². The zero-order chi connectivity index (χ0) is 13.5. The summed E-state index contributed by atoms with van der Waals surface area (Å²) in [7, 11) is 1.62. The number of carbonyl (C=O) groups is 1. The largest absolute Gasteiger partial charge is 0.496 e. The first-order valence-electron chi connectivity index (χ1n) is 6.14. The maximum atomic E-state index is 11.7. The normalized spacial score (nSPS) is 10.2. The van der Waals surface area contributed by atoms with E-state index in [2.05, 4.69) is 10.3 Å². The minimum absolute atomic E-state index is 0.0135. The first-order valence-corrected chi connectivity index (χ1v) is 6.14. The smallest absolute Gasteiger partial charge is 0.222 e. The SMILES string of the molecule is COc1ccccc1CNC(=O)CCn1ccnc1. The Bertz CT molecular complexity index is 523. The predicted octanol–water partition coefficient (Wildman–Crippen LogP) is 1.60. The van der Waals surface area contributed by atoms with Crippen molar-refractivity contribution in [1.29, 1.82) is 0 Å². The molecular weight excluding hydrogens is 242 g/mol. The van der Waals surface area contributed by atoms with Crippen LogP contribution in [0.4, 0.5) is 0 Å². The van der Waals surface area contributed by atoms with Gasteiger partial charge in [0.05, 0.1) is 13.4 Å². The molecule has 1 aromatic heterocycles. The van der Waals surface area contributed by atoms with Gasteiger partial charge in [-0.15, -0.1) is 0 Å². The van der Waals surface area contributed by atoms with E-state index < -0.39 is 0 Å². The average Bonchev–Trinajstić information content (AvgIpc) is 2.96. The second-order valence-corrected chi connectivity index (χ2v) is 4.14. The van der Waals surface area contributed by atoms with Gasteiger partial charge >= 0.3 is 0 Å². The second-order valence-electron chi connectivity index (χ2n) is 4.14. The number of para-hydroxylation sites is 1. The third kappa shape index (κ3) is 3.84. The number of hydrogen-bond acceptors (Lipinski definition) is 3. The topological polar surface area (TPSA) is 56.1 Å². The van der Waals surface area contributed by atoms with Crippen LogP contribution in [0.15, 0.2) is 43.0 Å². The highest BCUT2D eigenvalue weighted by Gasteiger charge is 2.05. The summed E-state index contributed by atoms with van der Waals surface area (Å²) in [4.78, 5) is 15.7. The molecule has 0 saturated heterocycles. The quantitative estimate of drug-likeness (QED) is 0.857. The molecule has 0 unspecified atom stereocenters. The fourth-order valence-corrected chi connectivity index (χ4v) is 1.78. The lowest BCUT2D eigenvalue weighted by atomic mass is 10.2. The molecule has 0 aliphatic heterocycles. The molecule has 1 aromatic carbocycles. The monoisotopic (exact) mass is 259 g/mol. The zero-order valence-corrected chi connectivity index (χ0v) is 10.9. The Balaban J connectivity index is 1.80. The third-order valence-electron chi connectivity index (χ3n) is 2.82. The number of ether oxygens (including phenoxy) is 1. The first-order chi connectivity index (χ1) is 9.29. The molecule has 0 aliphatic rings. The lowest BCUT2D eigenvalue weighted by molar-refractivity contribution is -0.121. The van der Waals surface area contributed by atoms with Crippen molar-refractivity contribution in [2.24, 2.45) is 0 Å². The van der Waals surface area contributed by atoms with Gasteiger partial charge in [0.1, 0.15) is 5.75 Å². The van der Waals surface area contributed by atoms with Crippen LogP contribution in [0.2, 0.25) is 0 Å². The van der Waals surface area contributed by atoms with Gasteiger partial charge in [0.15, 0.2) is 0 Å². The number of aryl methyl sites for hydroxylation is 1. The molecule has 100 valence electrons. The summed E-state index contributed by atoms with van der Waals surface area (Å²) in [5.74, 6) is 0.803. The van der Waals surface area contributed by atoms with E-state index in [0.29, 0.717) is 19.5 Å². The van der Waals surface area contributed by atoms with Crippen LogP contribution in [-0.4, -0.2) is 22.6 Å². The number of aromatic nitrogens is 2. The Morgan fingerprint density at radius 1 is 1.42 bits per heavy atom. The minimum atomic E-state index is 0.0135. The van der Waals surface area contributed by atoms with Gasteiger partial charge in [-0.05, 0) is 6.07 Å². The number of nitrogens with zero attached hydrogens (tertiary/aromatic N) is 2. The van der Waals surface area contributed by atoms with E-state index in [1.807, 2.05) is 35.0 Å². The lowest BCUT2D eigenvalue weighted by Gasteiger charge is -2.09. The van der Waals surface area contributed by atoms with E-state index in [0.717, 1.165) is 11.3 Å². The summed E-state index contributed by atoms with van der Waals surface area (Å²) in [6, 6.07) is 7.65. The van der Waals surface area contributed by atoms with E-state index in [4.69, 9.17) is 4.74 Å². The average molecular weight is 259 g/mol. The van der Waals surface area contributed by atoms with Crippen LogP contribution in [0.5, 0.6) is 5.75 Å². The summed E-state index contributed by atoms with van der Waals surface area (Å²) in [5, 5.41) is 2.88. The molecule has 0 atom stereocenters. The molecule has 0 spiro atoms. The molecule has 0 saturated carbocycles. The third-order valence-corrected chi connectivity index (χ3v) is 2.82. The summed E-state index contributed by atoms with van der Waals surface area (Å²) in [6.45, 7) is 1.12. The summed E-state index contributed by atoms with van der Waals surface area (Å²) in [5.41, 5.74) is 0.973. The van der Waals surface area contributed by atoms with E-state index in [-0.39, 0.29) is 5.91 Å². The summed E-state index contributed by atoms with van der Waals surface area (Å²) in [6.07, 6.45) is 5.68. The van der Waals surface area contributed by atoms with Gasteiger partial charge in [0.2, 0.25) is 5.91 Å². The molecule has 1 N–H and O–H groups in total. The van der Waals surface area contributed by atoms with Crippen LogP contribution in [0, 0.1) is 0 Å². The highest BCUT2D eigenvalue weighted by Crippen LogP contribution is 2.16. The molecule has 19 heavy (non-hydrogen) atoms. The Morgan fingerprint density at radius 2 is 2.26 bits per heavy atom. The van der Waals surface area contributed by atoms with Crippen molar-refractivity contribution in [2.75, 3.05) is 7.11 Å². The maximum Gasteiger partial charge on any atom is 0.222 e. The van der Waals surface area contributed by atoms with E-state index in [9.17, 15) is 4.79 Å². The molecular formula is C14H17N3O2. The molecule has 5 nitrogen and oxygen atoms in total. The zero-order valence-electron chi connectivity index (χ0n) is 10.9. The van der Waals surface area contributed by atoms with Gasteiger partial charge in [-0.25, -0.2) is 4.98 Å². The molecule has 0 bridgehead atoms. The summed E-state index contributed by atoms with van der Waals surface area (Å²) < 4.78 is 7.11. The number of methoxy groups -OCH3 is 1. The van der Waals surface area contributed by atoms with E-state index in [1.54, 1.807) is 19.6 Å². The number of rotatable bonds is 6. The maximum absolute atomic E-state index is 11.7. The van der Waals surface area contributed by atoms with E-state index >= 15 is 0 Å². The molecule has 1 amide bonds. The van der Waals surface area contributed by atoms with Gasteiger partial charge in [-0.1, -0.05) is 18.2 Å². The van der Waals surface area contributed by atoms with Crippen molar-refractivity contribution in [2.45, 2.75) is 19.5 Å². The lowest BCUT2D eigenvalue weighted by Crippen LogP contribution is -2.24. The Labute approximate surface area is 112 Å². The Hall–Kier alpha value is -2.30. The van der Waals surface area contributed by atoms with Crippen LogP contribution in [0.1, 0.15) is 12.0 Å². The molecule has 1 heterocycles. The summed E-state index contributed by atoms with van der Waals surface area (Å²) >= 11 is 0. The van der Waals surface area contributed by atoms with Crippen molar-refractivity contribution >= 4 is 5.91 Å². The number of hydrogen-bond donors (Lipinski definition) is 1. The van der Waals surface area contributed by atoms with Crippen molar-refractivity contribution in [1.82, 2.24) is 14.9 Å². The van der Waals surface area contributed by atoms with Crippen molar-refractivity contribution < 1.29 is 9.53 Å². The first kappa shape index (κ1) is 13.1. The van der Waals surface area contributed by atoms with E-state index in [1.165, 1.54) is 0 Å². The molecule has 2 aromatic rings. The van der Waals surface area contributed by atoms with Gasteiger partial charge in [0, 0.05) is 37.5 Å². The standard InChI is InChI=1S/C14H17N3O2/c1-19-13-5-3-2-4-12(13)10-16-14(18)6-8-17-9-7-15-11-17/h2-5,7,9,11H,6,8,10H2,1H3,(H,16,18). The number of nitrogens with one attached hydrogen (secondary N) is 1. The van der Waals surface area contributed by atoms with Crippen LogP contribution in [0.25, 0.3) is 0 Å². The molecule has 5 heteroatoms. The highest BCUT2D eigenvalue weighted by atomic mass is 16.5. The van der Waals surface area contributed by atoms with Gasteiger partial charge < -0.3 is 14.6 Å². The second kappa shape index (κ2) is 6.58. The number of imidazole rings is 1. The number of benzene rings is 1. The molecule has 2 rings (SSSR count). The highest BCUT2D eigenvalue weighted by molar-refractivity contribution is 5.75. The molecule has 0 fully saturated rings. The minimum Gasteiger partial charge on any atom is -0.496 e. The fraction of sp³-hybridized carbons (Fsp3) is 0.286. The van der Waals surface area contributed by atoms with Gasteiger partial charge in [-0.2, -0.15) is 0 Å². The number of carbonyl (C=O) groups excluding carboxylic acids is 1. The van der Waals surface area contributed by atoms with Crippen molar-refractivity contribution in [3.8, 4) is 5.75 Å².